The highest BCUT2D eigenvalue weighted by atomic mass is 19.1. The number of hydrogen-bond donors (Lipinski definition) is 0. The van der Waals surface area contributed by atoms with Crippen molar-refractivity contribution in [3.8, 4) is 5.75 Å². The highest BCUT2D eigenvalue weighted by Gasteiger charge is 2.43. The minimum Gasteiger partial charge on any atom is -0.497 e. The summed E-state index contributed by atoms with van der Waals surface area (Å²) in [5.74, 6) is -0.160. The van der Waals surface area contributed by atoms with Gasteiger partial charge in [0.1, 0.15) is 23.9 Å². The molecule has 2 aliphatic rings. The van der Waals surface area contributed by atoms with Gasteiger partial charge in [0, 0.05) is 31.0 Å². The van der Waals surface area contributed by atoms with Crippen LogP contribution in [0, 0.1) is 5.82 Å². The summed E-state index contributed by atoms with van der Waals surface area (Å²) < 4.78 is 24.7. The summed E-state index contributed by atoms with van der Waals surface area (Å²) in [4.78, 5) is 32.6. The largest absolute Gasteiger partial charge is 0.497 e. The van der Waals surface area contributed by atoms with Crippen LogP contribution in [0.4, 0.5) is 10.1 Å². The fourth-order valence-electron chi connectivity index (χ4n) is 3.83. The van der Waals surface area contributed by atoms with Crippen molar-refractivity contribution in [3.63, 3.8) is 0 Å². The van der Waals surface area contributed by atoms with Gasteiger partial charge in [-0.05, 0) is 37.1 Å². The first kappa shape index (κ1) is 19.3. The molecule has 8 heteroatoms. The molecule has 0 bridgehead atoms. The van der Waals surface area contributed by atoms with Gasteiger partial charge in [-0.1, -0.05) is 6.07 Å². The van der Waals surface area contributed by atoms with Crippen LogP contribution in [0.1, 0.15) is 23.3 Å². The normalized spacial score (nSPS) is 18.8. The maximum Gasteiger partial charge on any atom is 0.272 e. The molecule has 1 aromatic carbocycles. The first-order valence-electron chi connectivity index (χ1n) is 9.49. The lowest BCUT2D eigenvalue weighted by atomic mass is 9.89. The third-order valence-electron chi connectivity index (χ3n) is 5.52. The molecule has 3 heterocycles. The second-order valence-electron chi connectivity index (χ2n) is 7.30. The number of morpholine rings is 1. The van der Waals surface area contributed by atoms with Crippen molar-refractivity contribution < 1.29 is 23.5 Å². The Labute approximate surface area is 168 Å². The van der Waals surface area contributed by atoms with Gasteiger partial charge in [-0.2, -0.15) is 0 Å². The number of halogens is 1. The van der Waals surface area contributed by atoms with Crippen LogP contribution in [0.2, 0.25) is 0 Å². The van der Waals surface area contributed by atoms with Crippen molar-refractivity contribution >= 4 is 17.5 Å². The molecule has 2 saturated heterocycles. The third kappa shape index (κ3) is 3.93. The van der Waals surface area contributed by atoms with Gasteiger partial charge in [0.25, 0.3) is 11.8 Å². The van der Waals surface area contributed by atoms with Gasteiger partial charge in [-0.3, -0.25) is 14.6 Å². The number of piperidine rings is 1. The molecule has 0 atom stereocenters. The highest BCUT2D eigenvalue weighted by Crippen LogP contribution is 2.33. The van der Waals surface area contributed by atoms with Crippen LogP contribution in [0.25, 0.3) is 0 Å². The summed E-state index contributed by atoms with van der Waals surface area (Å²) in [7, 11) is 1.54. The number of benzene rings is 1. The van der Waals surface area contributed by atoms with Gasteiger partial charge in [0.15, 0.2) is 0 Å². The number of pyridine rings is 1. The monoisotopic (exact) mass is 399 g/mol. The van der Waals surface area contributed by atoms with Crippen LogP contribution in [-0.4, -0.2) is 60.7 Å². The Kier molecular flexibility index (Phi) is 5.19. The van der Waals surface area contributed by atoms with E-state index in [0.29, 0.717) is 49.6 Å². The molecular formula is C21H22FN3O4. The lowest BCUT2D eigenvalue weighted by molar-refractivity contribution is -0.143. The number of anilines is 1. The van der Waals surface area contributed by atoms with Crippen molar-refractivity contribution in [1.82, 2.24) is 9.88 Å². The molecule has 0 saturated carbocycles. The van der Waals surface area contributed by atoms with Crippen LogP contribution >= 0.6 is 0 Å². The molecule has 2 aliphatic heterocycles. The molecule has 152 valence electrons. The number of carbonyl (C=O) groups excluding carboxylic acids is 2. The zero-order valence-corrected chi connectivity index (χ0v) is 16.1. The maximum absolute atomic E-state index is 13.6. The quantitative estimate of drug-likeness (QED) is 0.792. The smallest absolute Gasteiger partial charge is 0.272 e. The van der Waals surface area contributed by atoms with E-state index >= 15 is 0 Å². The number of hydrogen-bond acceptors (Lipinski definition) is 5. The number of ether oxygens (including phenoxy) is 2. The minimum atomic E-state index is -0.543. The van der Waals surface area contributed by atoms with Crippen LogP contribution in [0.3, 0.4) is 0 Å². The minimum absolute atomic E-state index is 0.0537. The van der Waals surface area contributed by atoms with Crippen molar-refractivity contribution in [2.75, 3.05) is 38.3 Å². The predicted molar refractivity (Wildman–Crippen MR) is 103 cm³/mol. The summed E-state index contributed by atoms with van der Waals surface area (Å²) >= 11 is 0. The first-order chi connectivity index (χ1) is 14.0. The van der Waals surface area contributed by atoms with E-state index in [-0.39, 0.29) is 24.2 Å². The van der Waals surface area contributed by atoms with Crippen molar-refractivity contribution in [1.29, 1.82) is 0 Å². The Balaban J connectivity index is 1.45. The zero-order chi connectivity index (χ0) is 20.4. The van der Waals surface area contributed by atoms with Crippen molar-refractivity contribution in [2.45, 2.75) is 18.4 Å². The highest BCUT2D eigenvalue weighted by molar-refractivity contribution is 5.95. The second-order valence-corrected chi connectivity index (χ2v) is 7.30. The van der Waals surface area contributed by atoms with Crippen molar-refractivity contribution in [3.05, 3.63) is 54.1 Å². The number of likely N-dealkylation sites (tertiary alicyclic amines) is 1. The molecule has 2 fully saturated rings. The summed E-state index contributed by atoms with van der Waals surface area (Å²) in [6.45, 7) is 1.27. The Hall–Kier alpha value is -3.00. The lowest BCUT2D eigenvalue weighted by Gasteiger charge is -2.46. The fraction of sp³-hybridized carbons (Fsp3) is 0.381. The average Bonchev–Trinajstić information content (AvgIpc) is 2.76. The molecule has 1 aromatic heterocycles. The van der Waals surface area contributed by atoms with Crippen LogP contribution in [-0.2, 0) is 9.53 Å². The molecule has 4 rings (SSSR count). The molecule has 29 heavy (non-hydrogen) atoms. The van der Waals surface area contributed by atoms with Crippen LogP contribution in [0.15, 0.2) is 42.6 Å². The molecule has 0 unspecified atom stereocenters. The van der Waals surface area contributed by atoms with Gasteiger partial charge >= 0.3 is 0 Å². The van der Waals surface area contributed by atoms with E-state index in [0.717, 1.165) is 0 Å². The number of aromatic nitrogens is 1. The summed E-state index contributed by atoms with van der Waals surface area (Å²) in [6, 6.07) is 9.31. The van der Waals surface area contributed by atoms with Crippen LogP contribution < -0.4 is 9.64 Å². The SMILES string of the molecule is COc1ccnc(C(=O)N2CCC3(CC2)CN(c2cccc(F)c2)C(=O)CO3)c1. The van der Waals surface area contributed by atoms with Crippen molar-refractivity contribution in [2.24, 2.45) is 0 Å². The number of amides is 2. The molecular weight excluding hydrogens is 377 g/mol. The van der Waals surface area contributed by atoms with E-state index in [1.54, 1.807) is 47.4 Å². The Morgan fingerprint density at radius 3 is 2.76 bits per heavy atom. The molecule has 0 radical (unpaired) electrons. The number of methoxy groups -OCH3 is 1. The van der Waals surface area contributed by atoms with E-state index in [1.807, 2.05) is 0 Å². The molecule has 2 amide bonds. The topological polar surface area (TPSA) is 72.0 Å². The van der Waals surface area contributed by atoms with E-state index in [1.165, 1.54) is 12.1 Å². The van der Waals surface area contributed by atoms with E-state index in [9.17, 15) is 14.0 Å². The summed E-state index contributed by atoms with van der Waals surface area (Å²) in [5, 5.41) is 0. The maximum atomic E-state index is 13.6. The number of rotatable bonds is 3. The average molecular weight is 399 g/mol. The van der Waals surface area contributed by atoms with E-state index in [4.69, 9.17) is 9.47 Å². The number of carbonyl (C=O) groups is 2. The summed E-state index contributed by atoms with van der Waals surface area (Å²) in [6.07, 6.45) is 2.72. The predicted octanol–water partition coefficient (Wildman–Crippen LogP) is 2.27. The van der Waals surface area contributed by atoms with Gasteiger partial charge in [-0.15, -0.1) is 0 Å². The standard InChI is InChI=1S/C21H22FN3O4/c1-28-17-5-8-23-18(12-17)20(27)24-9-6-21(7-10-24)14-25(19(26)13-29-21)16-4-2-3-15(22)11-16/h2-5,8,11-12H,6-7,9-10,13-14H2,1H3. The molecule has 0 N–H and O–H groups in total. The third-order valence-corrected chi connectivity index (χ3v) is 5.52. The summed E-state index contributed by atoms with van der Waals surface area (Å²) in [5.41, 5.74) is 0.317. The van der Waals surface area contributed by atoms with Gasteiger partial charge in [-0.25, -0.2) is 4.39 Å². The molecule has 2 aromatic rings. The molecule has 0 aliphatic carbocycles. The fourth-order valence-corrected chi connectivity index (χ4v) is 3.83. The zero-order valence-electron chi connectivity index (χ0n) is 16.1. The van der Waals surface area contributed by atoms with E-state index < -0.39 is 5.60 Å². The Morgan fingerprint density at radius 2 is 2.03 bits per heavy atom. The lowest BCUT2D eigenvalue weighted by Crippen LogP contribution is -2.59. The first-order valence-corrected chi connectivity index (χ1v) is 9.49. The van der Waals surface area contributed by atoms with E-state index in [2.05, 4.69) is 4.98 Å². The Morgan fingerprint density at radius 1 is 1.24 bits per heavy atom. The Bertz CT molecular complexity index is 928. The molecule has 7 nitrogen and oxygen atoms in total. The van der Waals surface area contributed by atoms with Gasteiger partial charge in [0.05, 0.1) is 19.3 Å². The second kappa shape index (κ2) is 7.79. The van der Waals surface area contributed by atoms with Crippen LogP contribution in [0.5, 0.6) is 5.75 Å². The van der Waals surface area contributed by atoms with Gasteiger partial charge < -0.3 is 19.3 Å². The van der Waals surface area contributed by atoms with Gasteiger partial charge in [0.2, 0.25) is 0 Å². The molecule has 1 spiro atoms. The number of nitrogens with zero attached hydrogens (tertiary/aromatic N) is 3.